The highest BCUT2D eigenvalue weighted by molar-refractivity contribution is 5.81. The number of aryl methyl sites for hydroxylation is 1. The Morgan fingerprint density at radius 3 is 2.41 bits per heavy atom. The molecule has 2 aromatic rings. The van der Waals surface area contributed by atoms with Gasteiger partial charge in [0.05, 0.1) is 14.2 Å². The second-order valence-electron chi connectivity index (χ2n) is 6.05. The SMILES string of the molecule is CC[C@@H](Oc1ccc(F)cc1)C(=O)NCCCc1ccc(OC)c(OC)c1. The third kappa shape index (κ3) is 6.16. The number of amides is 1. The zero-order valence-corrected chi connectivity index (χ0v) is 16.0. The first kappa shape index (κ1) is 20.6. The summed E-state index contributed by atoms with van der Waals surface area (Å²) in [6, 6.07) is 11.4. The molecule has 6 heteroatoms. The third-order valence-electron chi connectivity index (χ3n) is 4.14. The van der Waals surface area contributed by atoms with Crippen molar-refractivity contribution in [1.82, 2.24) is 5.32 Å². The number of carbonyl (C=O) groups is 1. The molecule has 1 N–H and O–H groups in total. The predicted molar refractivity (Wildman–Crippen MR) is 102 cm³/mol. The van der Waals surface area contributed by atoms with Gasteiger partial charge < -0.3 is 19.5 Å². The fraction of sp³-hybridized carbons (Fsp3) is 0.381. The Morgan fingerprint density at radius 2 is 1.78 bits per heavy atom. The van der Waals surface area contributed by atoms with Crippen LogP contribution in [0.3, 0.4) is 0 Å². The standard InChI is InChI=1S/C21H26FNO4/c1-4-18(27-17-10-8-16(22)9-11-17)21(24)23-13-5-6-15-7-12-19(25-2)20(14-15)26-3/h7-12,14,18H,4-6,13H2,1-3H3,(H,23,24)/t18-/m1/s1. The zero-order chi connectivity index (χ0) is 19.6. The first-order valence-corrected chi connectivity index (χ1v) is 8.98. The van der Waals surface area contributed by atoms with E-state index in [2.05, 4.69) is 5.32 Å². The Balaban J connectivity index is 1.79. The van der Waals surface area contributed by atoms with Gasteiger partial charge in [0.2, 0.25) is 0 Å². The smallest absolute Gasteiger partial charge is 0.261 e. The Labute approximate surface area is 159 Å². The molecule has 0 aliphatic rings. The van der Waals surface area contributed by atoms with Crippen molar-refractivity contribution in [1.29, 1.82) is 0 Å². The number of benzene rings is 2. The molecule has 0 heterocycles. The first-order valence-electron chi connectivity index (χ1n) is 8.98. The van der Waals surface area contributed by atoms with Crippen LogP contribution in [0.2, 0.25) is 0 Å². The average molecular weight is 375 g/mol. The van der Waals surface area contributed by atoms with Crippen LogP contribution in [0.5, 0.6) is 17.2 Å². The first-order chi connectivity index (χ1) is 13.1. The number of methoxy groups -OCH3 is 2. The average Bonchev–Trinajstić information content (AvgIpc) is 2.70. The number of nitrogens with one attached hydrogen (secondary N) is 1. The summed E-state index contributed by atoms with van der Waals surface area (Å²) in [6.45, 7) is 2.41. The lowest BCUT2D eigenvalue weighted by molar-refractivity contribution is -0.128. The summed E-state index contributed by atoms with van der Waals surface area (Å²) in [5.41, 5.74) is 1.11. The van der Waals surface area contributed by atoms with Gasteiger partial charge in [-0.2, -0.15) is 0 Å². The van der Waals surface area contributed by atoms with Crippen LogP contribution in [0.1, 0.15) is 25.3 Å². The predicted octanol–water partition coefficient (Wildman–Crippen LogP) is 3.75. The molecule has 0 aromatic heterocycles. The third-order valence-corrected chi connectivity index (χ3v) is 4.14. The minimum atomic E-state index is -0.600. The van der Waals surface area contributed by atoms with Crippen molar-refractivity contribution in [2.24, 2.45) is 0 Å². The van der Waals surface area contributed by atoms with E-state index in [0.717, 1.165) is 18.4 Å². The van der Waals surface area contributed by atoms with E-state index in [4.69, 9.17) is 14.2 Å². The molecule has 146 valence electrons. The lowest BCUT2D eigenvalue weighted by Crippen LogP contribution is -2.38. The molecule has 2 rings (SSSR count). The van der Waals surface area contributed by atoms with Crippen LogP contribution in [0, 0.1) is 5.82 Å². The van der Waals surface area contributed by atoms with E-state index < -0.39 is 6.10 Å². The molecule has 5 nitrogen and oxygen atoms in total. The maximum absolute atomic E-state index is 13.0. The van der Waals surface area contributed by atoms with Crippen molar-refractivity contribution < 1.29 is 23.4 Å². The Bertz CT molecular complexity index is 733. The van der Waals surface area contributed by atoms with Crippen molar-refractivity contribution in [3.8, 4) is 17.2 Å². The fourth-order valence-electron chi connectivity index (χ4n) is 2.65. The van der Waals surface area contributed by atoms with Crippen molar-refractivity contribution in [3.05, 3.63) is 53.8 Å². The van der Waals surface area contributed by atoms with Crippen LogP contribution in [0.25, 0.3) is 0 Å². The van der Waals surface area contributed by atoms with Gasteiger partial charge in [-0.25, -0.2) is 4.39 Å². The van der Waals surface area contributed by atoms with Gasteiger partial charge >= 0.3 is 0 Å². The Kier molecular flexibility index (Phi) is 7.92. The molecule has 0 unspecified atom stereocenters. The number of halogens is 1. The molecule has 27 heavy (non-hydrogen) atoms. The molecule has 2 aromatic carbocycles. The van der Waals surface area contributed by atoms with Crippen LogP contribution in [-0.4, -0.2) is 32.8 Å². The molecule has 0 saturated heterocycles. The number of hydrogen-bond donors (Lipinski definition) is 1. The normalized spacial score (nSPS) is 11.6. The number of carbonyl (C=O) groups excluding carboxylic acids is 1. The quantitative estimate of drug-likeness (QED) is 0.643. The molecule has 0 saturated carbocycles. The minimum Gasteiger partial charge on any atom is -0.493 e. The van der Waals surface area contributed by atoms with Crippen LogP contribution >= 0.6 is 0 Å². The molecule has 0 radical (unpaired) electrons. The van der Waals surface area contributed by atoms with Crippen molar-refractivity contribution in [2.75, 3.05) is 20.8 Å². The van der Waals surface area contributed by atoms with Crippen LogP contribution < -0.4 is 19.5 Å². The van der Waals surface area contributed by atoms with Gasteiger partial charge in [0.1, 0.15) is 11.6 Å². The summed E-state index contributed by atoms with van der Waals surface area (Å²) >= 11 is 0. The summed E-state index contributed by atoms with van der Waals surface area (Å²) in [7, 11) is 3.21. The highest BCUT2D eigenvalue weighted by Crippen LogP contribution is 2.27. The zero-order valence-electron chi connectivity index (χ0n) is 16.0. The van der Waals surface area contributed by atoms with Gasteiger partial charge in [-0.05, 0) is 61.2 Å². The topological polar surface area (TPSA) is 56.8 Å². The van der Waals surface area contributed by atoms with Gasteiger partial charge in [0.15, 0.2) is 17.6 Å². The van der Waals surface area contributed by atoms with Crippen molar-refractivity contribution >= 4 is 5.91 Å². The van der Waals surface area contributed by atoms with Crippen molar-refractivity contribution in [3.63, 3.8) is 0 Å². The number of rotatable bonds is 10. The van der Waals surface area contributed by atoms with E-state index in [1.54, 1.807) is 14.2 Å². The molecule has 0 aliphatic heterocycles. The van der Waals surface area contributed by atoms with Gasteiger partial charge in [-0.3, -0.25) is 4.79 Å². The lowest BCUT2D eigenvalue weighted by atomic mass is 10.1. The van der Waals surface area contributed by atoms with Gasteiger partial charge in [0, 0.05) is 6.54 Å². The molecule has 1 atom stereocenters. The van der Waals surface area contributed by atoms with Crippen LogP contribution in [0.15, 0.2) is 42.5 Å². The van der Waals surface area contributed by atoms with Gasteiger partial charge in [0.25, 0.3) is 5.91 Å². The monoisotopic (exact) mass is 375 g/mol. The lowest BCUT2D eigenvalue weighted by Gasteiger charge is -2.17. The summed E-state index contributed by atoms with van der Waals surface area (Å²) in [5.74, 6) is 1.35. The Morgan fingerprint density at radius 1 is 1.07 bits per heavy atom. The summed E-state index contributed by atoms with van der Waals surface area (Å²) in [5, 5.41) is 2.89. The van der Waals surface area contributed by atoms with E-state index in [0.29, 0.717) is 30.2 Å². The Hall–Kier alpha value is -2.76. The van der Waals surface area contributed by atoms with Gasteiger partial charge in [-0.1, -0.05) is 13.0 Å². The van der Waals surface area contributed by atoms with E-state index in [1.807, 2.05) is 25.1 Å². The highest BCUT2D eigenvalue weighted by atomic mass is 19.1. The maximum Gasteiger partial charge on any atom is 0.261 e. The maximum atomic E-state index is 13.0. The molecule has 0 spiro atoms. The minimum absolute atomic E-state index is 0.172. The fourth-order valence-corrected chi connectivity index (χ4v) is 2.65. The summed E-state index contributed by atoms with van der Waals surface area (Å²) in [4.78, 5) is 12.3. The molecule has 0 aliphatic carbocycles. The van der Waals surface area contributed by atoms with E-state index in [9.17, 15) is 9.18 Å². The molecular formula is C21H26FNO4. The van der Waals surface area contributed by atoms with E-state index >= 15 is 0 Å². The second kappa shape index (κ2) is 10.4. The van der Waals surface area contributed by atoms with Gasteiger partial charge in [-0.15, -0.1) is 0 Å². The summed E-state index contributed by atoms with van der Waals surface area (Å²) in [6.07, 6.45) is 1.51. The molecule has 1 amide bonds. The second-order valence-corrected chi connectivity index (χ2v) is 6.05. The molecule has 0 bridgehead atoms. The largest absolute Gasteiger partial charge is 0.493 e. The molecule has 0 fully saturated rings. The number of ether oxygens (including phenoxy) is 3. The number of hydrogen-bond acceptors (Lipinski definition) is 4. The van der Waals surface area contributed by atoms with E-state index in [-0.39, 0.29) is 11.7 Å². The van der Waals surface area contributed by atoms with Crippen LogP contribution in [-0.2, 0) is 11.2 Å². The highest BCUT2D eigenvalue weighted by Gasteiger charge is 2.17. The van der Waals surface area contributed by atoms with Crippen LogP contribution in [0.4, 0.5) is 4.39 Å². The summed E-state index contributed by atoms with van der Waals surface area (Å²) < 4.78 is 29.1. The molecular weight excluding hydrogens is 349 g/mol. The van der Waals surface area contributed by atoms with E-state index in [1.165, 1.54) is 24.3 Å². The van der Waals surface area contributed by atoms with Crippen molar-refractivity contribution in [2.45, 2.75) is 32.3 Å².